The molecule has 1 aliphatic carbocycles. The number of rotatable bonds is 4. The summed E-state index contributed by atoms with van der Waals surface area (Å²) in [5.74, 6) is 1.47. The molecule has 23 heavy (non-hydrogen) atoms. The number of hydrogen-bond donors (Lipinski definition) is 1. The first-order chi connectivity index (χ1) is 11.3. The highest BCUT2D eigenvalue weighted by atomic mass is 15.3. The molecule has 0 spiro atoms. The van der Waals surface area contributed by atoms with Crippen LogP contribution in [0.25, 0.3) is 0 Å². The molecule has 1 saturated heterocycles. The highest BCUT2D eigenvalue weighted by molar-refractivity contribution is 5.78. The second-order valence-electron chi connectivity index (χ2n) is 6.12. The molecule has 1 aromatic rings. The van der Waals surface area contributed by atoms with Crippen LogP contribution in [0.3, 0.4) is 0 Å². The minimum absolute atomic E-state index is 0.676. The summed E-state index contributed by atoms with van der Waals surface area (Å²) in [4.78, 5) is 17.5. The van der Waals surface area contributed by atoms with Crippen molar-refractivity contribution in [3.63, 3.8) is 0 Å². The van der Waals surface area contributed by atoms with E-state index in [2.05, 4.69) is 30.8 Å². The third-order valence-electron chi connectivity index (χ3n) is 4.53. The molecule has 1 aromatic heterocycles. The summed E-state index contributed by atoms with van der Waals surface area (Å²) in [6.07, 6.45) is 12.1. The van der Waals surface area contributed by atoms with E-state index >= 15 is 0 Å². The number of aromatic nitrogens is 2. The van der Waals surface area contributed by atoms with Crippen LogP contribution in [0, 0.1) is 0 Å². The van der Waals surface area contributed by atoms with Gasteiger partial charge in [0.15, 0.2) is 5.96 Å². The number of piperazine rings is 1. The zero-order chi connectivity index (χ0) is 15.9. The Morgan fingerprint density at radius 3 is 2.61 bits per heavy atom. The van der Waals surface area contributed by atoms with Gasteiger partial charge in [0.05, 0.1) is 0 Å². The van der Waals surface area contributed by atoms with Gasteiger partial charge < -0.3 is 15.5 Å². The maximum absolute atomic E-state index is 6.15. The second-order valence-corrected chi connectivity index (χ2v) is 6.12. The van der Waals surface area contributed by atoms with Crippen molar-refractivity contribution in [3.05, 3.63) is 30.1 Å². The first kappa shape index (κ1) is 15.8. The summed E-state index contributed by atoms with van der Waals surface area (Å²) in [6, 6.07) is 1.84. The van der Waals surface area contributed by atoms with Crippen molar-refractivity contribution in [2.75, 3.05) is 37.6 Å². The van der Waals surface area contributed by atoms with Gasteiger partial charge in [0.25, 0.3) is 0 Å². The van der Waals surface area contributed by atoms with Gasteiger partial charge in [-0.25, -0.2) is 9.97 Å². The molecule has 6 heteroatoms. The predicted octanol–water partition coefficient (Wildman–Crippen LogP) is 1.80. The SMILES string of the molecule is NC(=NCCC1=CCCCC1)N1CCN(c2ncccn2)CC1. The van der Waals surface area contributed by atoms with E-state index in [1.165, 1.54) is 25.7 Å². The Morgan fingerprint density at radius 1 is 1.13 bits per heavy atom. The third kappa shape index (κ3) is 4.43. The van der Waals surface area contributed by atoms with Gasteiger partial charge in [0.1, 0.15) is 0 Å². The van der Waals surface area contributed by atoms with Gasteiger partial charge in [0, 0.05) is 45.1 Å². The Kier molecular flexibility index (Phi) is 5.45. The minimum Gasteiger partial charge on any atom is -0.370 e. The van der Waals surface area contributed by atoms with Gasteiger partial charge in [-0.3, -0.25) is 4.99 Å². The molecule has 0 saturated carbocycles. The van der Waals surface area contributed by atoms with Crippen LogP contribution >= 0.6 is 0 Å². The fourth-order valence-corrected chi connectivity index (χ4v) is 3.14. The molecule has 6 nitrogen and oxygen atoms in total. The molecular weight excluding hydrogens is 288 g/mol. The molecule has 1 aliphatic heterocycles. The van der Waals surface area contributed by atoms with Crippen LogP contribution in [0.2, 0.25) is 0 Å². The second kappa shape index (κ2) is 7.94. The largest absolute Gasteiger partial charge is 0.370 e. The number of hydrogen-bond acceptors (Lipinski definition) is 4. The van der Waals surface area contributed by atoms with E-state index in [9.17, 15) is 0 Å². The molecule has 1 fully saturated rings. The Labute approximate surface area is 138 Å². The lowest BCUT2D eigenvalue weighted by Crippen LogP contribution is -2.51. The van der Waals surface area contributed by atoms with Crippen molar-refractivity contribution >= 4 is 11.9 Å². The molecule has 2 heterocycles. The number of nitrogens with zero attached hydrogens (tertiary/aromatic N) is 5. The van der Waals surface area contributed by atoms with Crippen LogP contribution in [0.5, 0.6) is 0 Å². The number of aliphatic imine (C=N–C) groups is 1. The van der Waals surface area contributed by atoms with Crippen molar-refractivity contribution in [2.24, 2.45) is 10.7 Å². The fourth-order valence-electron chi connectivity index (χ4n) is 3.14. The van der Waals surface area contributed by atoms with E-state index in [0.717, 1.165) is 45.1 Å². The van der Waals surface area contributed by atoms with Crippen LogP contribution in [0.1, 0.15) is 32.1 Å². The van der Waals surface area contributed by atoms with Crippen LogP contribution in [0.15, 0.2) is 35.1 Å². The first-order valence-corrected chi connectivity index (χ1v) is 8.57. The Morgan fingerprint density at radius 2 is 1.91 bits per heavy atom. The van der Waals surface area contributed by atoms with E-state index in [0.29, 0.717) is 5.96 Å². The first-order valence-electron chi connectivity index (χ1n) is 8.57. The smallest absolute Gasteiger partial charge is 0.225 e. The topological polar surface area (TPSA) is 70.6 Å². The van der Waals surface area contributed by atoms with Crippen LogP contribution in [-0.2, 0) is 0 Å². The van der Waals surface area contributed by atoms with Crippen LogP contribution in [0.4, 0.5) is 5.95 Å². The van der Waals surface area contributed by atoms with Gasteiger partial charge in [0.2, 0.25) is 5.95 Å². The fraction of sp³-hybridized carbons (Fsp3) is 0.588. The summed E-state index contributed by atoms with van der Waals surface area (Å²) in [5, 5.41) is 0. The normalized spacial score (nSPS) is 19.7. The van der Waals surface area contributed by atoms with Crippen molar-refractivity contribution in [3.8, 4) is 0 Å². The summed E-state index contributed by atoms with van der Waals surface area (Å²) in [5.41, 5.74) is 7.71. The lowest BCUT2D eigenvalue weighted by Gasteiger charge is -2.35. The van der Waals surface area contributed by atoms with Gasteiger partial charge in [-0.15, -0.1) is 0 Å². The Balaban J connectivity index is 1.45. The van der Waals surface area contributed by atoms with Gasteiger partial charge in [-0.05, 0) is 38.2 Å². The Bertz CT molecular complexity index is 545. The molecule has 0 bridgehead atoms. The number of anilines is 1. The quantitative estimate of drug-likeness (QED) is 0.521. The number of guanidine groups is 1. The van der Waals surface area contributed by atoms with Crippen molar-refractivity contribution < 1.29 is 0 Å². The van der Waals surface area contributed by atoms with Crippen molar-refractivity contribution in [2.45, 2.75) is 32.1 Å². The molecule has 0 aromatic carbocycles. The highest BCUT2D eigenvalue weighted by Gasteiger charge is 2.19. The average molecular weight is 314 g/mol. The Hall–Kier alpha value is -2.11. The van der Waals surface area contributed by atoms with E-state index in [1.54, 1.807) is 18.0 Å². The lowest BCUT2D eigenvalue weighted by molar-refractivity contribution is 0.378. The summed E-state index contributed by atoms with van der Waals surface area (Å²) in [7, 11) is 0. The third-order valence-corrected chi connectivity index (χ3v) is 4.53. The molecule has 0 atom stereocenters. The van der Waals surface area contributed by atoms with E-state index in [4.69, 9.17) is 5.73 Å². The molecule has 2 N–H and O–H groups in total. The van der Waals surface area contributed by atoms with Crippen molar-refractivity contribution in [1.29, 1.82) is 0 Å². The highest BCUT2D eigenvalue weighted by Crippen LogP contribution is 2.19. The van der Waals surface area contributed by atoms with E-state index in [1.807, 2.05) is 6.07 Å². The van der Waals surface area contributed by atoms with Gasteiger partial charge in [-0.1, -0.05) is 11.6 Å². The summed E-state index contributed by atoms with van der Waals surface area (Å²) < 4.78 is 0. The van der Waals surface area contributed by atoms with Crippen LogP contribution in [-0.4, -0.2) is 53.6 Å². The molecule has 124 valence electrons. The maximum Gasteiger partial charge on any atom is 0.225 e. The molecule has 2 aliphatic rings. The van der Waals surface area contributed by atoms with Gasteiger partial charge >= 0.3 is 0 Å². The summed E-state index contributed by atoms with van der Waals surface area (Å²) in [6.45, 7) is 4.31. The maximum atomic E-state index is 6.15. The monoisotopic (exact) mass is 314 g/mol. The minimum atomic E-state index is 0.676. The molecule has 3 rings (SSSR count). The molecule has 0 amide bonds. The standard InChI is InChI=1S/C17H26N6/c18-16(19-10-7-15-5-2-1-3-6-15)22-11-13-23(14-12-22)17-20-8-4-9-21-17/h4-5,8-9H,1-3,6-7,10-14H2,(H2,18,19). The molecular formula is C17H26N6. The predicted molar refractivity (Wildman–Crippen MR) is 93.5 cm³/mol. The zero-order valence-electron chi connectivity index (χ0n) is 13.7. The molecule has 0 unspecified atom stereocenters. The van der Waals surface area contributed by atoms with Gasteiger partial charge in [-0.2, -0.15) is 0 Å². The van der Waals surface area contributed by atoms with Crippen LogP contribution < -0.4 is 10.6 Å². The summed E-state index contributed by atoms with van der Waals surface area (Å²) >= 11 is 0. The zero-order valence-corrected chi connectivity index (χ0v) is 13.7. The number of allylic oxidation sites excluding steroid dienone is 1. The molecule has 0 radical (unpaired) electrons. The average Bonchev–Trinajstić information content (AvgIpc) is 2.63. The van der Waals surface area contributed by atoms with E-state index in [-0.39, 0.29) is 0 Å². The van der Waals surface area contributed by atoms with E-state index < -0.39 is 0 Å². The number of nitrogens with two attached hydrogens (primary N) is 1. The lowest BCUT2D eigenvalue weighted by atomic mass is 9.97. The van der Waals surface area contributed by atoms with Crippen molar-refractivity contribution in [1.82, 2.24) is 14.9 Å².